The highest BCUT2D eigenvalue weighted by Crippen LogP contribution is 2.22. The fourth-order valence-corrected chi connectivity index (χ4v) is 2.61. The van der Waals surface area contributed by atoms with Gasteiger partial charge in [-0.2, -0.15) is 0 Å². The van der Waals surface area contributed by atoms with Gasteiger partial charge in [0.1, 0.15) is 5.82 Å². The third kappa shape index (κ3) is 2.85. The topological polar surface area (TPSA) is 30.0 Å². The fraction of sp³-hybridized carbons (Fsp3) is 0.0588. The average Bonchev–Trinajstić information content (AvgIpc) is 2.51. The summed E-state index contributed by atoms with van der Waals surface area (Å²) < 4.78 is 13.8. The molecule has 0 unspecified atom stereocenters. The summed E-state index contributed by atoms with van der Waals surface area (Å²) in [6.07, 6.45) is 1.87. The monoisotopic (exact) mass is 343 g/mol. The van der Waals surface area contributed by atoms with Crippen molar-refractivity contribution in [3.8, 4) is 0 Å². The molecule has 0 amide bonds. The van der Waals surface area contributed by atoms with Gasteiger partial charge in [0.15, 0.2) is 5.78 Å². The number of hydrogen-bond donors (Lipinski definition) is 0. The molecule has 0 aliphatic rings. The molecule has 0 fully saturated rings. The fourth-order valence-electron chi connectivity index (χ4n) is 2.21. The number of rotatable bonds is 3. The lowest BCUT2D eigenvalue weighted by Crippen LogP contribution is -2.04. The van der Waals surface area contributed by atoms with Gasteiger partial charge in [0, 0.05) is 23.6 Å². The van der Waals surface area contributed by atoms with Crippen LogP contribution in [0.3, 0.4) is 0 Å². The number of nitrogens with zero attached hydrogens (tertiary/aromatic N) is 1. The summed E-state index contributed by atoms with van der Waals surface area (Å²) in [6.45, 7) is 0. The van der Waals surface area contributed by atoms with Gasteiger partial charge in [0.2, 0.25) is 0 Å². The molecule has 0 aliphatic carbocycles. The number of pyridine rings is 1. The molecule has 0 bridgehead atoms. The van der Waals surface area contributed by atoms with Gasteiger partial charge in [-0.1, -0.05) is 18.2 Å². The van der Waals surface area contributed by atoms with Crippen molar-refractivity contribution < 1.29 is 9.18 Å². The normalized spacial score (nSPS) is 10.8. The summed E-state index contributed by atoms with van der Waals surface area (Å²) in [5, 5.41) is 0.918. The first-order valence-corrected chi connectivity index (χ1v) is 7.25. The van der Waals surface area contributed by atoms with E-state index in [1.54, 1.807) is 24.4 Å². The number of carbonyl (C=O) groups excluding carboxylic acids is 1. The zero-order valence-corrected chi connectivity index (χ0v) is 12.6. The Kier molecular flexibility index (Phi) is 3.80. The van der Waals surface area contributed by atoms with Crippen molar-refractivity contribution >= 4 is 32.6 Å². The van der Waals surface area contributed by atoms with Crippen molar-refractivity contribution in [2.45, 2.75) is 6.42 Å². The molecule has 0 spiro atoms. The molecule has 104 valence electrons. The molecule has 1 aromatic heterocycles. The van der Waals surface area contributed by atoms with Gasteiger partial charge in [-0.05, 0) is 51.8 Å². The Balaban J connectivity index is 1.91. The SMILES string of the molecule is O=C(Cc1cccc(F)c1Br)c1ccc2ncccc2c1. The molecule has 0 saturated heterocycles. The van der Waals surface area contributed by atoms with E-state index >= 15 is 0 Å². The van der Waals surface area contributed by atoms with Crippen LogP contribution in [0.25, 0.3) is 10.9 Å². The molecule has 4 heteroatoms. The minimum Gasteiger partial charge on any atom is -0.294 e. The van der Waals surface area contributed by atoms with Crippen LogP contribution < -0.4 is 0 Å². The first kappa shape index (κ1) is 13.9. The van der Waals surface area contributed by atoms with E-state index in [1.807, 2.05) is 24.3 Å². The number of fused-ring (bicyclic) bond motifs is 1. The smallest absolute Gasteiger partial charge is 0.167 e. The predicted octanol–water partition coefficient (Wildman–Crippen LogP) is 4.56. The van der Waals surface area contributed by atoms with Crippen molar-refractivity contribution in [1.29, 1.82) is 0 Å². The van der Waals surface area contributed by atoms with Crippen LogP contribution in [0.5, 0.6) is 0 Å². The summed E-state index contributed by atoms with van der Waals surface area (Å²) in [4.78, 5) is 16.6. The van der Waals surface area contributed by atoms with E-state index < -0.39 is 0 Å². The van der Waals surface area contributed by atoms with Crippen molar-refractivity contribution in [2.24, 2.45) is 0 Å². The zero-order chi connectivity index (χ0) is 14.8. The lowest BCUT2D eigenvalue weighted by molar-refractivity contribution is 0.0993. The molecule has 0 atom stereocenters. The highest BCUT2D eigenvalue weighted by molar-refractivity contribution is 9.10. The number of carbonyl (C=O) groups is 1. The van der Waals surface area contributed by atoms with Gasteiger partial charge >= 0.3 is 0 Å². The first-order chi connectivity index (χ1) is 10.1. The molecule has 0 aliphatic heterocycles. The molecular formula is C17H11BrFNO. The summed E-state index contributed by atoms with van der Waals surface area (Å²) in [5.74, 6) is -0.407. The van der Waals surface area contributed by atoms with Crippen LogP contribution in [0.2, 0.25) is 0 Å². The third-order valence-electron chi connectivity index (χ3n) is 3.31. The minimum absolute atomic E-state index is 0.0490. The van der Waals surface area contributed by atoms with E-state index in [9.17, 15) is 9.18 Å². The van der Waals surface area contributed by atoms with Crippen LogP contribution in [0, 0.1) is 5.82 Å². The molecule has 0 saturated carbocycles. The maximum atomic E-state index is 13.5. The third-order valence-corrected chi connectivity index (χ3v) is 4.20. The Labute approximate surface area is 129 Å². The highest BCUT2D eigenvalue weighted by atomic mass is 79.9. The first-order valence-electron chi connectivity index (χ1n) is 6.46. The number of benzene rings is 2. The van der Waals surface area contributed by atoms with Gasteiger partial charge < -0.3 is 0 Å². The molecule has 21 heavy (non-hydrogen) atoms. The number of ketones is 1. The molecule has 3 rings (SSSR count). The molecule has 2 aromatic carbocycles. The lowest BCUT2D eigenvalue weighted by Gasteiger charge is -2.06. The van der Waals surface area contributed by atoms with Crippen LogP contribution in [0.4, 0.5) is 4.39 Å². The van der Waals surface area contributed by atoms with Crippen molar-refractivity contribution in [3.05, 3.63) is 76.1 Å². The molecule has 1 heterocycles. The van der Waals surface area contributed by atoms with E-state index in [0.29, 0.717) is 15.6 Å². The van der Waals surface area contributed by atoms with Crippen LogP contribution in [-0.2, 0) is 6.42 Å². The molecule has 0 radical (unpaired) electrons. The van der Waals surface area contributed by atoms with Crippen molar-refractivity contribution in [3.63, 3.8) is 0 Å². The molecule has 2 nitrogen and oxygen atoms in total. The zero-order valence-electron chi connectivity index (χ0n) is 11.0. The van der Waals surface area contributed by atoms with E-state index in [0.717, 1.165) is 10.9 Å². The van der Waals surface area contributed by atoms with Gasteiger partial charge in [-0.25, -0.2) is 4.39 Å². The second-order valence-electron chi connectivity index (χ2n) is 4.72. The number of Topliss-reactive ketones (excluding diaryl/α,β-unsaturated/α-hetero) is 1. The number of hydrogen-bond acceptors (Lipinski definition) is 2. The highest BCUT2D eigenvalue weighted by Gasteiger charge is 2.12. The lowest BCUT2D eigenvalue weighted by atomic mass is 10.0. The van der Waals surface area contributed by atoms with Crippen molar-refractivity contribution in [1.82, 2.24) is 4.98 Å². The second kappa shape index (κ2) is 5.74. The average molecular weight is 344 g/mol. The standard InChI is InChI=1S/C17H11BrFNO/c18-17-13(3-1-5-14(17)19)10-16(21)12-6-7-15-11(9-12)4-2-8-20-15/h1-9H,10H2. The molecular weight excluding hydrogens is 333 g/mol. The number of aromatic nitrogens is 1. The number of halogens is 2. The summed E-state index contributed by atoms with van der Waals surface area (Å²) in [5.41, 5.74) is 2.10. The van der Waals surface area contributed by atoms with Crippen LogP contribution >= 0.6 is 15.9 Å². The Bertz CT molecular complexity index is 832. The Hall–Kier alpha value is -2.07. The van der Waals surface area contributed by atoms with Crippen LogP contribution in [0.1, 0.15) is 15.9 Å². The molecule has 3 aromatic rings. The van der Waals surface area contributed by atoms with Gasteiger partial charge in [0.05, 0.1) is 9.99 Å². The van der Waals surface area contributed by atoms with Crippen LogP contribution in [0.15, 0.2) is 59.2 Å². The predicted molar refractivity (Wildman–Crippen MR) is 83.9 cm³/mol. The summed E-state index contributed by atoms with van der Waals surface area (Å²) in [6, 6.07) is 13.9. The van der Waals surface area contributed by atoms with Crippen LogP contribution in [-0.4, -0.2) is 10.8 Å². The van der Waals surface area contributed by atoms with E-state index in [1.165, 1.54) is 6.07 Å². The Morgan fingerprint density at radius 1 is 1.14 bits per heavy atom. The summed E-state index contributed by atoms with van der Waals surface area (Å²) in [7, 11) is 0. The quantitative estimate of drug-likeness (QED) is 0.652. The van der Waals surface area contributed by atoms with E-state index in [2.05, 4.69) is 20.9 Å². The van der Waals surface area contributed by atoms with Crippen molar-refractivity contribution in [2.75, 3.05) is 0 Å². The maximum Gasteiger partial charge on any atom is 0.167 e. The van der Waals surface area contributed by atoms with E-state index in [4.69, 9.17) is 0 Å². The second-order valence-corrected chi connectivity index (χ2v) is 5.52. The van der Waals surface area contributed by atoms with Gasteiger partial charge in [-0.3, -0.25) is 9.78 Å². The van der Waals surface area contributed by atoms with Gasteiger partial charge in [0.25, 0.3) is 0 Å². The molecule has 0 N–H and O–H groups in total. The largest absolute Gasteiger partial charge is 0.294 e. The minimum atomic E-state index is -0.358. The Morgan fingerprint density at radius 2 is 2.00 bits per heavy atom. The van der Waals surface area contributed by atoms with Gasteiger partial charge in [-0.15, -0.1) is 0 Å². The Morgan fingerprint density at radius 3 is 2.86 bits per heavy atom. The summed E-state index contributed by atoms with van der Waals surface area (Å²) >= 11 is 3.18. The van der Waals surface area contributed by atoms with E-state index in [-0.39, 0.29) is 18.0 Å². The maximum absolute atomic E-state index is 13.5.